The zero-order valence-corrected chi connectivity index (χ0v) is 13.8. The predicted molar refractivity (Wildman–Crippen MR) is 89.2 cm³/mol. The van der Waals surface area contributed by atoms with Crippen LogP contribution in [0.4, 0.5) is 5.13 Å². The normalized spacial score (nSPS) is 17.2. The molecule has 1 saturated heterocycles. The Morgan fingerprint density at radius 2 is 2.14 bits per heavy atom. The average Bonchev–Trinajstić information content (AvgIpc) is 2.97. The van der Waals surface area contributed by atoms with Crippen LogP contribution in [-0.2, 0) is 4.79 Å². The van der Waals surface area contributed by atoms with E-state index >= 15 is 0 Å². The molecule has 0 radical (unpaired) electrons. The van der Waals surface area contributed by atoms with Crippen molar-refractivity contribution >= 4 is 44.5 Å². The van der Waals surface area contributed by atoms with Crippen LogP contribution in [0.15, 0.2) is 18.3 Å². The van der Waals surface area contributed by atoms with Gasteiger partial charge in [-0.2, -0.15) is 11.8 Å². The average molecular weight is 322 g/mol. The van der Waals surface area contributed by atoms with Crippen LogP contribution in [0.1, 0.15) is 6.92 Å². The topological polar surface area (TPSA) is 49.3 Å². The van der Waals surface area contributed by atoms with Crippen LogP contribution in [0.2, 0.25) is 0 Å². The van der Waals surface area contributed by atoms with Gasteiger partial charge in [-0.25, -0.2) is 9.97 Å². The Kier molecular flexibility index (Phi) is 4.30. The molecular weight excluding hydrogens is 304 g/mol. The Bertz CT molecular complexity index is 604. The highest BCUT2D eigenvalue weighted by molar-refractivity contribution is 7.99. The van der Waals surface area contributed by atoms with E-state index in [1.807, 2.05) is 30.2 Å². The molecule has 2 aromatic heterocycles. The molecule has 0 bridgehead atoms. The van der Waals surface area contributed by atoms with Crippen LogP contribution < -0.4 is 4.90 Å². The highest BCUT2D eigenvalue weighted by atomic mass is 32.2. The lowest BCUT2D eigenvalue weighted by molar-refractivity contribution is -0.130. The van der Waals surface area contributed by atoms with Crippen LogP contribution in [0, 0.1) is 0 Å². The Morgan fingerprint density at radius 1 is 1.38 bits per heavy atom. The lowest BCUT2D eigenvalue weighted by atomic mass is 10.3. The summed E-state index contributed by atoms with van der Waals surface area (Å²) in [5.74, 6) is 0.244. The Hall–Kier alpha value is -1.34. The number of thiazole rings is 1. The first-order chi connectivity index (χ1) is 10.2. The van der Waals surface area contributed by atoms with Crippen molar-refractivity contribution in [2.75, 3.05) is 37.3 Å². The fourth-order valence-corrected chi connectivity index (χ4v) is 3.68. The first-order valence-electron chi connectivity index (χ1n) is 6.97. The molecule has 21 heavy (non-hydrogen) atoms. The molecule has 2 aromatic rings. The van der Waals surface area contributed by atoms with Gasteiger partial charge < -0.3 is 9.80 Å². The Morgan fingerprint density at radius 3 is 2.81 bits per heavy atom. The van der Waals surface area contributed by atoms with E-state index in [1.54, 1.807) is 29.3 Å². The minimum Gasteiger partial charge on any atom is -0.344 e. The standard InChI is InChI=1S/C14H18N4OS2/c1-10(20-2)13(19)17-6-8-18(9-7-17)14-16-11-4-3-5-15-12(11)21-14/h3-5,10H,6-9H2,1-2H3/t10-/m0/s1. The zero-order valence-electron chi connectivity index (χ0n) is 12.2. The molecule has 3 heterocycles. The second-order valence-corrected chi connectivity index (χ2v) is 7.15. The number of anilines is 1. The summed E-state index contributed by atoms with van der Waals surface area (Å²) >= 11 is 3.22. The molecule has 7 heteroatoms. The second-order valence-electron chi connectivity index (χ2n) is 5.01. The molecule has 0 N–H and O–H groups in total. The molecule has 0 saturated carbocycles. The maximum atomic E-state index is 12.2. The maximum Gasteiger partial charge on any atom is 0.235 e. The van der Waals surface area contributed by atoms with Crippen LogP contribution in [-0.4, -0.2) is 58.5 Å². The third-order valence-corrected chi connectivity index (χ3v) is 5.67. The lowest BCUT2D eigenvalue weighted by Crippen LogP contribution is -2.50. The summed E-state index contributed by atoms with van der Waals surface area (Å²) in [5.41, 5.74) is 0.951. The van der Waals surface area contributed by atoms with Crippen molar-refractivity contribution in [1.82, 2.24) is 14.9 Å². The minimum atomic E-state index is 0.0446. The number of carbonyl (C=O) groups is 1. The Balaban J connectivity index is 1.67. The zero-order chi connectivity index (χ0) is 14.8. The molecule has 1 aliphatic heterocycles. The van der Waals surface area contributed by atoms with Gasteiger partial charge in [0.25, 0.3) is 0 Å². The van der Waals surface area contributed by atoms with Crippen molar-refractivity contribution in [3.8, 4) is 0 Å². The molecule has 0 unspecified atom stereocenters. The quantitative estimate of drug-likeness (QED) is 0.866. The van der Waals surface area contributed by atoms with Gasteiger partial charge >= 0.3 is 0 Å². The van der Waals surface area contributed by atoms with Crippen molar-refractivity contribution in [3.05, 3.63) is 18.3 Å². The second kappa shape index (κ2) is 6.19. The van der Waals surface area contributed by atoms with Gasteiger partial charge in [0.15, 0.2) is 5.13 Å². The van der Waals surface area contributed by atoms with Crippen molar-refractivity contribution in [2.45, 2.75) is 12.2 Å². The SMILES string of the molecule is CS[C@@H](C)C(=O)N1CCN(c2nc3cccnc3s2)CC1. The predicted octanol–water partition coefficient (Wildman–Crippen LogP) is 2.09. The van der Waals surface area contributed by atoms with Crippen LogP contribution in [0.25, 0.3) is 10.3 Å². The molecule has 0 aromatic carbocycles. The number of hydrogen-bond acceptors (Lipinski definition) is 6. The summed E-state index contributed by atoms with van der Waals surface area (Å²) in [5, 5.41) is 1.05. The van der Waals surface area contributed by atoms with Crippen molar-refractivity contribution < 1.29 is 4.79 Å². The number of nitrogens with zero attached hydrogens (tertiary/aromatic N) is 4. The number of aromatic nitrogens is 2. The van der Waals surface area contributed by atoms with Crippen LogP contribution in [0.5, 0.6) is 0 Å². The highest BCUT2D eigenvalue weighted by Crippen LogP contribution is 2.27. The maximum absolute atomic E-state index is 12.2. The molecular formula is C14H18N4OS2. The number of piperazine rings is 1. The summed E-state index contributed by atoms with van der Waals surface area (Å²) < 4.78 is 0. The molecule has 1 amide bonds. The molecule has 3 rings (SSSR count). The van der Waals surface area contributed by atoms with Crippen molar-refractivity contribution in [2.24, 2.45) is 0 Å². The molecule has 112 valence electrons. The van der Waals surface area contributed by atoms with Gasteiger partial charge in [0.2, 0.25) is 5.91 Å². The first kappa shape index (κ1) is 14.6. The van der Waals surface area contributed by atoms with Gasteiger partial charge in [0, 0.05) is 32.4 Å². The van der Waals surface area contributed by atoms with E-state index in [1.165, 1.54) is 0 Å². The molecule has 1 atom stereocenters. The van der Waals surface area contributed by atoms with E-state index < -0.39 is 0 Å². The van der Waals surface area contributed by atoms with Gasteiger partial charge in [-0.3, -0.25) is 4.79 Å². The minimum absolute atomic E-state index is 0.0446. The number of rotatable bonds is 3. The van der Waals surface area contributed by atoms with Gasteiger partial charge in [0.05, 0.1) is 5.25 Å². The van der Waals surface area contributed by atoms with E-state index in [9.17, 15) is 4.79 Å². The summed E-state index contributed by atoms with van der Waals surface area (Å²) in [6, 6.07) is 3.90. The Labute approximate surface area is 132 Å². The summed E-state index contributed by atoms with van der Waals surface area (Å²) in [7, 11) is 0. The third-order valence-electron chi connectivity index (χ3n) is 3.72. The van der Waals surface area contributed by atoms with Crippen LogP contribution >= 0.6 is 23.1 Å². The largest absolute Gasteiger partial charge is 0.344 e. The van der Waals surface area contributed by atoms with Gasteiger partial charge in [-0.05, 0) is 25.3 Å². The van der Waals surface area contributed by atoms with E-state index in [2.05, 4.69) is 14.9 Å². The first-order valence-corrected chi connectivity index (χ1v) is 9.07. The number of amides is 1. The van der Waals surface area contributed by atoms with Crippen molar-refractivity contribution in [3.63, 3.8) is 0 Å². The molecule has 1 aliphatic rings. The number of pyridine rings is 1. The van der Waals surface area contributed by atoms with E-state index in [-0.39, 0.29) is 11.2 Å². The third kappa shape index (κ3) is 2.98. The van der Waals surface area contributed by atoms with Crippen LogP contribution in [0.3, 0.4) is 0 Å². The fourth-order valence-electron chi connectivity index (χ4n) is 2.37. The monoisotopic (exact) mass is 322 g/mol. The fraction of sp³-hybridized carbons (Fsp3) is 0.500. The summed E-state index contributed by atoms with van der Waals surface area (Å²) in [6.07, 6.45) is 3.78. The number of hydrogen-bond donors (Lipinski definition) is 0. The van der Waals surface area contributed by atoms with E-state index in [0.29, 0.717) is 0 Å². The summed E-state index contributed by atoms with van der Waals surface area (Å²) in [4.78, 5) is 26.3. The lowest BCUT2D eigenvalue weighted by Gasteiger charge is -2.35. The van der Waals surface area contributed by atoms with Crippen molar-refractivity contribution in [1.29, 1.82) is 0 Å². The van der Waals surface area contributed by atoms with Gasteiger partial charge in [-0.1, -0.05) is 11.3 Å². The number of fused-ring (bicyclic) bond motifs is 1. The number of carbonyl (C=O) groups excluding carboxylic acids is 1. The van der Waals surface area contributed by atoms with E-state index in [0.717, 1.165) is 41.7 Å². The highest BCUT2D eigenvalue weighted by Gasteiger charge is 2.25. The molecule has 1 fully saturated rings. The van der Waals surface area contributed by atoms with Gasteiger partial charge in [-0.15, -0.1) is 0 Å². The van der Waals surface area contributed by atoms with E-state index in [4.69, 9.17) is 0 Å². The molecule has 0 aliphatic carbocycles. The smallest absolute Gasteiger partial charge is 0.235 e. The summed E-state index contributed by atoms with van der Waals surface area (Å²) in [6.45, 7) is 5.19. The van der Waals surface area contributed by atoms with Gasteiger partial charge in [0.1, 0.15) is 10.3 Å². The molecule has 0 spiro atoms. The molecule has 5 nitrogen and oxygen atoms in total. The number of thioether (sulfide) groups is 1.